The van der Waals surface area contributed by atoms with E-state index in [9.17, 15) is 9.18 Å². The molecule has 1 saturated heterocycles. The van der Waals surface area contributed by atoms with Gasteiger partial charge < -0.3 is 25.0 Å². The fraction of sp³-hybridized carbons (Fsp3) is 0.321. The van der Waals surface area contributed by atoms with Gasteiger partial charge in [0.2, 0.25) is 5.91 Å². The summed E-state index contributed by atoms with van der Waals surface area (Å²) < 4.78 is 26.1. The standard InChI is InChI=1S/C28H30FN5O3/c1-4-19-9-10-22(29)24(14-19)33-28-21-15-25(32-27(35)8-7-12-34(5-2)6-3)26(16-23(21)30-18-31-28)37-20-11-13-36-17-20/h1,7-10,14-16,18,20H,5-6,11-13,17H2,2-3H3,(H,32,35)(H,30,31,33). The predicted molar refractivity (Wildman–Crippen MR) is 143 cm³/mol. The van der Waals surface area contributed by atoms with E-state index in [0.29, 0.717) is 53.5 Å². The van der Waals surface area contributed by atoms with Crippen LogP contribution in [0.2, 0.25) is 0 Å². The molecule has 1 aromatic heterocycles. The van der Waals surface area contributed by atoms with Gasteiger partial charge in [0.05, 0.1) is 30.1 Å². The van der Waals surface area contributed by atoms with E-state index in [-0.39, 0.29) is 17.7 Å². The van der Waals surface area contributed by atoms with Gasteiger partial charge in [-0.05, 0) is 37.4 Å². The number of fused-ring (bicyclic) bond motifs is 1. The second-order valence-electron chi connectivity index (χ2n) is 8.53. The quantitative estimate of drug-likeness (QED) is 0.311. The van der Waals surface area contributed by atoms with Crippen molar-refractivity contribution in [2.24, 2.45) is 0 Å². The van der Waals surface area contributed by atoms with Gasteiger partial charge in [-0.25, -0.2) is 14.4 Å². The van der Waals surface area contributed by atoms with Crippen LogP contribution in [0.4, 0.5) is 21.6 Å². The number of terminal acetylenes is 1. The third-order valence-corrected chi connectivity index (χ3v) is 6.09. The minimum atomic E-state index is -0.473. The molecule has 1 fully saturated rings. The van der Waals surface area contributed by atoms with Gasteiger partial charge in [-0.3, -0.25) is 4.79 Å². The molecule has 4 rings (SSSR count). The highest BCUT2D eigenvalue weighted by atomic mass is 19.1. The van der Waals surface area contributed by atoms with Crippen molar-refractivity contribution in [2.45, 2.75) is 26.4 Å². The Labute approximate surface area is 215 Å². The first-order valence-electron chi connectivity index (χ1n) is 12.3. The SMILES string of the molecule is C#Cc1ccc(F)c(Nc2ncnc3cc(OC4CCOC4)c(NC(=O)C=CCN(CC)CC)cc23)c1. The van der Waals surface area contributed by atoms with Crippen LogP contribution in [0.5, 0.6) is 5.75 Å². The molecule has 3 aromatic rings. The Morgan fingerprint density at radius 3 is 2.84 bits per heavy atom. The highest BCUT2D eigenvalue weighted by molar-refractivity contribution is 6.03. The molecule has 1 amide bonds. The van der Waals surface area contributed by atoms with Gasteiger partial charge >= 0.3 is 0 Å². The van der Waals surface area contributed by atoms with Crippen LogP contribution in [0.3, 0.4) is 0 Å². The molecular formula is C28H30FN5O3. The van der Waals surface area contributed by atoms with E-state index in [1.54, 1.807) is 12.1 Å². The molecular weight excluding hydrogens is 473 g/mol. The number of halogens is 1. The minimum Gasteiger partial charge on any atom is -0.486 e. The lowest BCUT2D eigenvalue weighted by atomic mass is 10.1. The first-order valence-corrected chi connectivity index (χ1v) is 12.3. The smallest absolute Gasteiger partial charge is 0.248 e. The average molecular weight is 504 g/mol. The Morgan fingerprint density at radius 2 is 2.11 bits per heavy atom. The number of ether oxygens (including phenoxy) is 2. The Balaban J connectivity index is 1.67. The Hall–Kier alpha value is -4.00. The van der Waals surface area contributed by atoms with Crippen LogP contribution in [0.1, 0.15) is 25.8 Å². The molecule has 2 N–H and O–H groups in total. The zero-order valence-electron chi connectivity index (χ0n) is 21.0. The molecule has 0 spiro atoms. The fourth-order valence-electron chi connectivity index (χ4n) is 3.97. The number of carbonyl (C=O) groups is 1. The zero-order chi connectivity index (χ0) is 26.2. The number of anilines is 3. The second-order valence-corrected chi connectivity index (χ2v) is 8.53. The second kappa shape index (κ2) is 12.3. The van der Waals surface area contributed by atoms with Gasteiger partial charge in [-0.15, -0.1) is 6.42 Å². The van der Waals surface area contributed by atoms with Crippen LogP contribution >= 0.6 is 0 Å². The molecule has 2 heterocycles. The summed E-state index contributed by atoms with van der Waals surface area (Å²) in [4.78, 5) is 23.6. The van der Waals surface area contributed by atoms with E-state index in [4.69, 9.17) is 15.9 Å². The summed E-state index contributed by atoms with van der Waals surface area (Å²) in [5, 5.41) is 6.50. The van der Waals surface area contributed by atoms with Gasteiger partial charge in [-0.2, -0.15) is 0 Å². The van der Waals surface area contributed by atoms with Crippen molar-refractivity contribution < 1.29 is 18.7 Å². The highest BCUT2D eigenvalue weighted by Gasteiger charge is 2.21. The van der Waals surface area contributed by atoms with Gasteiger partial charge in [0.25, 0.3) is 0 Å². The van der Waals surface area contributed by atoms with Crippen LogP contribution in [0, 0.1) is 18.2 Å². The number of carbonyl (C=O) groups excluding carboxylic acids is 1. The lowest BCUT2D eigenvalue weighted by Crippen LogP contribution is -2.23. The Bertz CT molecular complexity index is 1330. The number of aromatic nitrogens is 2. The van der Waals surface area contributed by atoms with Crippen molar-refractivity contribution in [1.29, 1.82) is 0 Å². The number of likely N-dealkylation sites (N-methyl/N-ethyl adjacent to an activating group) is 1. The van der Waals surface area contributed by atoms with Gasteiger partial charge in [0.15, 0.2) is 0 Å². The molecule has 192 valence electrons. The molecule has 0 radical (unpaired) electrons. The van der Waals surface area contributed by atoms with Crippen molar-refractivity contribution in [1.82, 2.24) is 14.9 Å². The lowest BCUT2D eigenvalue weighted by molar-refractivity contribution is -0.111. The van der Waals surface area contributed by atoms with Gasteiger partial charge in [0, 0.05) is 36.1 Å². The summed E-state index contributed by atoms with van der Waals surface area (Å²) in [6.45, 7) is 7.70. The highest BCUT2D eigenvalue weighted by Crippen LogP contribution is 2.35. The van der Waals surface area contributed by atoms with Crippen LogP contribution in [-0.2, 0) is 9.53 Å². The maximum absolute atomic E-state index is 14.5. The molecule has 9 heteroatoms. The molecule has 8 nitrogen and oxygen atoms in total. The lowest BCUT2D eigenvalue weighted by Gasteiger charge is -2.18. The predicted octanol–water partition coefficient (Wildman–Crippen LogP) is 4.50. The molecule has 1 aliphatic heterocycles. The van der Waals surface area contributed by atoms with E-state index in [1.165, 1.54) is 30.6 Å². The number of amides is 1. The minimum absolute atomic E-state index is 0.133. The van der Waals surface area contributed by atoms with Crippen LogP contribution < -0.4 is 15.4 Å². The molecule has 1 unspecified atom stereocenters. The molecule has 37 heavy (non-hydrogen) atoms. The third kappa shape index (κ3) is 6.61. The van der Waals surface area contributed by atoms with Crippen LogP contribution in [0.25, 0.3) is 10.9 Å². The third-order valence-electron chi connectivity index (χ3n) is 6.09. The van der Waals surface area contributed by atoms with Gasteiger partial charge in [-0.1, -0.05) is 25.8 Å². The summed E-state index contributed by atoms with van der Waals surface area (Å²) in [6, 6.07) is 7.82. The van der Waals surface area contributed by atoms with Crippen LogP contribution in [-0.4, -0.2) is 59.7 Å². The maximum atomic E-state index is 14.5. The molecule has 1 aliphatic rings. The summed E-state index contributed by atoms with van der Waals surface area (Å²) in [7, 11) is 0. The van der Waals surface area contributed by atoms with Crippen molar-refractivity contribution in [2.75, 3.05) is 43.5 Å². The van der Waals surface area contributed by atoms with E-state index < -0.39 is 5.82 Å². The molecule has 0 aliphatic carbocycles. The van der Waals surface area contributed by atoms with E-state index in [0.717, 1.165) is 19.5 Å². The normalized spacial score (nSPS) is 15.3. The van der Waals surface area contributed by atoms with E-state index >= 15 is 0 Å². The number of nitrogens with zero attached hydrogens (tertiary/aromatic N) is 3. The van der Waals surface area contributed by atoms with Crippen molar-refractivity contribution in [3.8, 4) is 18.1 Å². The zero-order valence-corrected chi connectivity index (χ0v) is 21.0. The number of hydrogen-bond donors (Lipinski definition) is 2. The maximum Gasteiger partial charge on any atom is 0.248 e. The van der Waals surface area contributed by atoms with E-state index in [1.807, 2.05) is 6.08 Å². The van der Waals surface area contributed by atoms with Crippen molar-refractivity contribution in [3.05, 3.63) is 60.2 Å². The first kappa shape index (κ1) is 26.1. The summed E-state index contributed by atoms with van der Waals surface area (Å²) >= 11 is 0. The topological polar surface area (TPSA) is 88.6 Å². The Kier molecular flexibility index (Phi) is 8.67. The Morgan fingerprint density at radius 1 is 1.27 bits per heavy atom. The number of hydrogen-bond acceptors (Lipinski definition) is 7. The molecule has 0 bridgehead atoms. The summed E-state index contributed by atoms with van der Waals surface area (Å²) in [5.74, 6) is 2.56. The van der Waals surface area contributed by atoms with Crippen LogP contribution in [0.15, 0.2) is 48.8 Å². The molecule has 2 aromatic carbocycles. The van der Waals surface area contributed by atoms with Crippen molar-refractivity contribution >= 4 is 34.0 Å². The average Bonchev–Trinajstić information content (AvgIpc) is 3.42. The molecule has 1 atom stereocenters. The van der Waals surface area contributed by atoms with E-state index in [2.05, 4.69) is 45.3 Å². The summed E-state index contributed by atoms with van der Waals surface area (Å²) in [6.07, 6.45) is 10.8. The van der Waals surface area contributed by atoms with Crippen molar-refractivity contribution in [3.63, 3.8) is 0 Å². The summed E-state index contributed by atoms with van der Waals surface area (Å²) in [5.41, 5.74) is 1.73. The fourth-order valence-corrected chi connectivity index (χ4v) is 3.97. The number of benzene rings is 2. The largest absolute Gasteiger partial charge is 0.486 e. The number of nitrogens with one attached hydrogen (secondary N) is 2. The molecule has 0 saturated carbocycles. The van der Waals surface area contributed by atoms with Gasteiger partial charge in [0.1, 0.15) is 29.8 Å². The number of rotatable bonds is 10. The first-order chi connectivity index (χ1) is 18.0. The monoisotopic (exact) mass is 503 g/mol.